The highest BCUT2D eigenvalue weighted by molar-refractivity contribution is 6.02. The smallest absolute Gasteiger partial charge is 0.268 e. The zero-order valence-corrected chi connectivity index (χ0v) is 16.3. The molecule has 29 heavy (non-hydrogen) atoms. The summed E-state index contributed by atoms with van der Waals surface area (Å²) in [6.45, 7) is 3.10. The van der Waals surface area contributed by atoms with E-state index in [1.807, 2.05) is 0 Å². The maximum atomic E-state index is 12.9. The van der Waals surface area contributed by atoms with Gasteiger partial charge in [-0.25, -0.2) is 0 Å². The lowest BCUT2D eigenvalue weighted by atomic mass is 10.1. The van der Waals surface area contributed by atoms with Crippen molar-refractivity contribution in [3.8, 4) is 17.6 Å². The molecule has 8 nitrogen and oxygen atoms in total. The monoisotopic (exact) mass is 395 g/mol. The molecule has 3 rings (SSSR count). The van der Waals surface area contributed by atoms with E-state index in [0.717, 1.165) is 6.07 Å². The first-order valence-corrected chi connectivity index (χ1v) is 8.93. The Morgan fingerprint density at radius 2 is 2.07 bits per heavy atom. The van der Waals surface area contributed by atoms with Crippen molar-refractivity contribution in [2.75, 3.05) is 18.6 Å². The number of pyridine rings is 1. The van der Waals surface area contributed by atoms with Gasteiger partial charge in [0.25, 0.3) is 11.8 Å². The number of carbonyl (C=O) groups is 2. The second-order valence-electron chi connectivity index (χ2n) is 7.16. The van der Waals surface area contributed by atoms with Gasteiger partial charge in [0.2, 0.25) is 0 Å². The number of anilines is 1. The van der Waals surface area contributed by atoms with Crippen molar-refractivity contribution < 1.29 is 19.4 Å². The van der Waals surface area contributed by atoms with Gasteiger partial charge in [0.05, 0.1) is 5.69 Å². The van der Waals surface area contributed by atoms with Gasteiger partial charge in [0.1, 0.15) is 29.7 Å². The molecule has 2 aromatic rings. The average molecular weight is 395 g/mol. The van der Waals surface area contributed by atoms with Gasteiger partial charge in [0, 0.05) is 30.9 Å². The standard InChI is InChI=1S/C21H21N3O5/c1-21(2,28)8-6-13-4-5-18-17(10-13)24(3)20(27)16(12-29-18)23-19(26)15-11-14(25)7-9-22-15/h4-5,7,9-11,16,28H,12H2,1-3H3,(H,22,25)(H,23,26)/t16-/m0/s1. The molecule has 1 atom stereocenters. The third-order valence-electron chi connectivity index (χ3n) is 4.19. The molecule has 0 unspecified atom stereocenters. The largest absolute Gasteiger partial charge is 0.489 e. The Labute approximate surface area is 167 Å². The summed E-state index contributed by atoms with van der Waals surface area (Å²) in [5.41, 5.74) is -0.292. The van der Waals surface area contributed by atoms with Crippen LogP contribution in [0.1, 0.15) is 29.9 Å². The molecule has 150 valence electrons. The third kappa shape index (κ3) is 4.83. The number of hydrogen-bond donors (Lipinski definition) is 3. The predicted molar refractivity (Wildman–Crippen MR) is 107 cm³/mol. The Hall–Kier alpha value is -3.57. The van der Waals surface area contributed by atoms with Crippen LogP contribution in [0.3, 0.4) is 0 Å². The van der Waals surface area contributed by atoms with Crippen molar-refractivity contribution in [1.29, 1.82) is 0 Å². The number of benzene rings is 1. The second-order valence-corrected chi connectivity index (χ2v) is 7.16. The zero-order chi connectivity index (χ0) is 21.2. The van der Waals surface area contributed by atoms with E-state index < -0.39 is 17.6 Å². The Morgan fingerprint density at radius 1 is 1.31 bits per heavy atom. The van der Waals surface area contributed by atoms with Gasteiger partial charge >= 0.3 is 0 Å². The summed E-state index contributed by atoms with van der Waals surface area (Å²) < 4.78 is 5.72. The quantitative estimate of drug-likeness (QED) is 0.647. The fourth-order valence-corrected chi connectivity index (χ4v) is 2.72. The number of rotatable bonds is 2. The van der Waals surface area contributed by atoms with Crippen LogP contribution in [0, 0.1) is 11.8 Å². The van der Waals surface area contributed by atoms with Crippen LogP contribution >= 0.6 is 0 Å². The van der Waals surface area contributed by atoms with E-state index in [0.29, 0.717) is 17.0 Å². The van der Waals surface area contributed by atoms with Crippen LogP contribution < -0.4 is 20.4 Å². The summed E-state index contributed by atoms with van der Waals surface area (Å²) in [6.07, 6.45) is 1.36. The lowest BCUT2D eigenvalue weighted by Gasteiger charge is -2.20. The molecule has 3 N–H and O–H groups in total. The van der Waals surface area contributed by atoms with Crippen molar-refractivity contribution in [2.45, 2.75) is 25.5 Å². The van der Waals surface area contributed by atoms with Gasteiger partial charge < -0.3 is 25.0 Å². The molecule has 0 saturated carbocycles. The van der Waals surface area contributed by atoms with Crippen molar-refractivity contribution >= 4 is 17.5 Å². The summed E-state index contributed by atoms with van der Waals surface area (Å²) in [5, 5.41) is 12.4. The number of H-pyrrole nitrogens is 1. The van der Waals surface area contributed by atoms with Crippen LogP contribution in [0.5, 0.6) is 5.75 Å². The first-order chi connectivity index (χ1) is 13.6. The summed E-state index contributed by atoms with van der Waals surface area (Å²) >= 11 is 0. The van der Waals surface area contributed by atoms with Gasteiger partial charge in [-0.2, -0.15) is 0 Å². The second kappa shape index (κ2) is 7.81. The highest BCUT2D eigenvalue weighted by atomic mass is 16.5. The number of aromatic nitrogens is 1. The number of ether oxygens (including phenoxy) is 1. The van der Waals surface area contributed by atoms with Crippen LogP contribution in [0.15, 0.2) is 41.3 Å². The van der Waals surface area contributed by atoms with Crippen LogP contribution in [-0.2, 0) is 4.79 Å². The van der Waals surface area contributed by atoms with Gasteiger partial charge in [-0.15, -0.1) is 0 Å². The lowest BCUT2D eigenvalue weighted by Crippen LogP contribution is -2.49. The van der Waals surface area contributed by atoms with E-state index in [1.165, 1.54) is 17.2 Å². The SMILES string of the molecule is CN1C(=O)[C@@H](NC(=O)c2cc(=O)cc[nH]2)COc2ccc(C#CC(C)(C)O)cc21. The zero-order valence-electron chi connectivity index (χ0n) is 16.3. The number of aromatic amines is 1. The first kappa shape index (κ1) is 20.2. The molecule has 1 aromatic heterocycles. The minimum absolute atomic E-state index is 0.0545. The van der Waals surface area contributed by atoms with E-state index in [9.17, 15) is 19.5 Å². The molecule has 0 fully saturated rings. The van der Waals surface area contributed by atoms with Crippen molar-refractivity contribution in [2.24, 2.45) is 0 Å². The molecule has 0 saturated heterocycles. The molecular formula is C21H21N3O5. The van der Waals surface area contributed by atoms with Gasteiger partial charge in [-0.05, 0) is 32.0 Å². The number of aliphatic hydroxyl groups is 1. The minimum atomic E-state index is -1.14. The molecule has 0 aliphatic carbocycles. The summed E-state index contributed by atoms with van der Waals surface area (Å²) in [5.74, 6) is 5.10. The highest BCUT2D eigenvalue weighted by Gasteiger charge is 2.31. The number of amides is 2. The average Bonchev–Trinajstić information content (AvgIpc) is 2.78. The lowest BCUT2D eigenvalue weighted by molar-refractivity contribution is -0.120. The van der Waals surface area contributed by atoms with Crippen molar-refractivity contribution in [3.63, 3.8) is 0 Å². The number of nitrogens with zero attached hydrogens (tertiary/aromatic N) is 1. The highest BCUT2D eigenvalue weighted by Crippen LogP contribution is 2.31. The summed E-state index contributed by atoms with van der Waals surface area (Å²) in [4.78, 5) is 40.7. The topological polar surface area (TPSA) is 112 Å². The number of fused-ring (bicyclic) bond motifs is 1. The van der Waals surface area contributed by atoms with E-state index in [-0.39, 0.29) is 23.6 Å². The van der Waals surface area contributed by atoms with E-state index in [2.05, 4.69) is 22.1 Å². The van der Waals surface area contributed by atoms with Crippen LogP contribution in [0.4, 0.5) is 5.69 Å². The molecule has 2 heterocycles. The van der Waals surface area contributed by atoms with Gasteiger partial charge in [0.15, 0.2) is 5.43 Å². The fraction of sp³-hybridized carbons (Fsp3) is 0.286. The Morgan fingerprint density at radius 3 is 2.76 bits per heavy atom. The summed E-state index contributed by atoms with van der Waals surface area (Å²) in [7, 11) is 1.58. The number of carbonyl (C=O) groups excluding carboxylic acids is 2. The number of likely N-dealkylation sites (N-methyl/N-ethyl adjacent to an activating group) is 1. The molecule has 2 amide bonds. The molecule has 0 radical (unpaired) electrons. The van der Waals surface area contributed by atoms with Crippen molar-refractivity contribution in [3.05, 3.63) is 58.0 Å². The number of nitrogens with one attached hydrogen (secondary N) is 2. The van der Waals surface area contributed by atoms with Crippen molar-refractivity contribution in [1.82, 2.24) is 10.3 Å². The third-order valence-corrected chi connectivity index (χ3v) is 4.19. The van der Waals surface area contributed by atoms with E-state index in [1.54, 1.807) is 39.1 Å². The molecule has 1 aliphatic heterocycles. The van der Waals surface area contributed by atoms with Crippen LogP contribution in [0.25, 0.3) is 0 Å². The maximum absolute atomic E-state index is 12.9. The molecular weight excluding hydrogens is 374 g/mol. The molecule has 8 heteroatoms. The number of hydrogen-bond acceptors (Lipinski definition) is 5. The van der Waals surface area contributed by atoms with Crippen LogP contribution in [0.2, 0.25) is 0 Å². The summed E-state index contributed by atoms with van der Waals surface area (Å²) in [6, 6.07) is 6.61. The maximum Gasteiger partial charge on any atom is 0.268 e. The molecule has 1 aromatic carbocycles. The minimum Gasteiger partial charge on any atom is -0.489 e. The van der Waals surface area contributed by atoms with Gasteiger partial charge in [-0.1, -0.05) is 11.8 Å². The Balaban J connectivity index is 1.82. The predicted octanol–water partition coefficient (Wildman–Crippen LogP) is 0.651. The molecule has 0 spiro atoms. The van der Waals surface area contributed by atoms with Gasteiger partial charge in [-0.3, -0.25) is 14.4 Å². The molecule has 0 bridgehead atoms. The Bertz CT molecular complexity index is 1070. The first-order valence-electron chi connectivity index (χ1n) is 8.93. The van der Waals surface area contributed by atoms with E-state index >= 15 is 0 Å². The van der Waals surface area contributed by atoms with E-state index in [4.69, 9.17) is 4.74 Å². The Kier molecular flexibility index (Phi) is 5.43. The van der Waals surface area contributed by atoms with Crippen LogP contribution in [-0.4, -0.2) is 47.2 Å². The normalized spacial score (nSPS) is 16.1. The fourth-order valence-electron chi connectivity index (χ4n) is 2.72. The molecule has 1 aliphatic rings.